The zero-order valence-corrected chi connectivity index (χ0v) is 17.2. The molecule has 0 unspecified atom stereocenters. The van der Waals surface area contributed by atoms with Crippen LogP contribution in [0.3, 0.4) is 0 Å². The summed E-state index contributed by atoms with van der Waals surface area (Å²) in [5.41, 5.74) is 1.55. The third-order valence-corrected chi connectivity index (χ3v) is 7.57. The van der Waals surface area contributed by atoms with E-state index in [1.165, 1.54) is 4.31 Å². The molecule has 154 valence electrons. The van der Waals surface area contributed by atoms with E-state index in [1.54, 1.807) is 12.1 Å². The molecule has 2 saturated heterocycles. The average molecular weight is 415 g/mol. The van der Waals surface area contributed by atoms with Gasteiger partial charge in [-0.15, -0.1) is 0 Å². The van der Waals surface area contributed by atoms with Gasteiger partial charge in [-0.2, -0.15) is 4.31 Å². The van der Waals surface area contributed by atoms with Gasteiger partial charge in [0.1, 0.15) is 0 Å². The van der Waals surface area contributed by atoms with Gasteiger partial charge in [-0.1, -0.05) is 48.5 Å². The lowest BCUT2D eigenvalue weighted by molar-refractivity contribution is -0.140. The van der Waals surface area contributed by atoms with Crippen molar-refractivity contribution in [3.05, 3.63) is 54.6 Å². The van der Waals surface area contributed by atoms with E-state index in [9.17, 15) is 13.2 Å². The fourth-order valence-corrected chi connectivity index (χ4v) is 5.83. The molecule has 4 rings (SSSR count). The summed E-state index contributed by atoms with van der Waals surface area (Å²) in [5.74, 6) is -0.245. The van der Waals surface area contributed by atoms with Crippen LogP contribution < -0.4 is 0 Å². The smallest absolute Gasteiger partial charge is 0.243 e. The molecule has 0 radical (unpaired) electrons. The van der Waals surface area contributed by atoms with E-state index in [-0.39, 0.29) is 18.4 Å². The van der Waals surface area contributed by atoms with Crippen LogP contribution in [0.15, 0.2) is 59.5 Å². The number of benzene rings is 2. The number of carbonyl (C=O) groups excluding carboxylic acids is 1. The van der Waals surface area contributed by atoms with Crippen molar-refractivity contribution in [2.75, 3.05) is 39.4 Å². The number of hydrogen-bond acceptors (Lipinski definition) is 4. The fraction of sp³-hybridized carbons (Fsp3) is 0.409. The van der Waals surface area contributed by atoms with Gasteiger partial charge in [0.25, 0.3) is 0 Å². The van der Waals surface area contributed by atoms with E-state index in [4.69, 9.17) is 4.74 Å². The Kier molecular flexibility index (Phi) is 5.99. The molecule has 0 N–H and O–H groups in total. The molecule has 6 nitrogen and oxygen atoms in total. The van der Waals surface area contributed by atoms with Gasteiger partial charge in [-0.05, 0) is 24.5 Å². The molecule has 29 heavy (non-hydrogen) atoms. The first-order valence-corrected chi connectivity index (χ1v) is 11.5. The molecular formula is C22H26N2O4S. The van der Waals surface area contributed by atoms with Gasteiger partial charge >= 0.3 is 0 Å². The fourth-order valence-electron chi connectivity index (χ4n) is 4.09. The normalized spacial score (nSPS) is 21.1. The summed E-state index contributed by atoms with van der Waals surface area (Å²) >= 11 is 0. The Morgan fingerprint density at radius 3 is 2.38 bits per heavy atom. The van der Waals surface area contributed by atoms with E-state index in [0.29, 0.717) is 49.7 Å². The Hall–Kier alpha value is -2.22. The molecule has 2 aromatic carbocycles. The van der Waals surface area contributed by atoms with Gasteiger partial charge in [0.05, 0.1) is 24.0 Å². The topological polar surface area (TPSA) is 66.9 Å². The number of piperidine rings is 1. The van der Waals surface area contributed by atoms with Crippen LogP contribution in [0.5, 0.6) is 0 Å². The van der Waals surface area contributed by atoms with Crippen molar-refractivity contribution in [2.45, 2.75) is 17.7 Å². The molecule has 2 aliphatic rings. The van der Waals surface area contributed by atoms with Crippen LogP contribution in [0.4, 0.5) is 0 Å². The molecule has 0 aromatic heterocycles. The summed E-state index contributed by atoms with van der Waals surface area (Å²) in [4.78, 5) is 15.0. The zero-order chi connectivity index (χ0) is 20.3. The SMILES string of the molecule is O=C([C@@H]1CCCN(S(=O)(=O)c2ccccc2-c2ccccc2)C1)N1CCOCC1. The number of hydrogen-bond donors (Lipinski definition) is 0. The number of sulfonamides is 1. The van der Waals surface area contributed by atoms with Crippen LogP contribution in [-0.2, 0) is 19.6 Å². The zero-order valence-electron chi connectivity index (χ0n) is 16.4. The highest BCUT2D eigenvalue weighted by atomic mass is 32.2. The molecule has 7 heteroatoms. The maximum absolute atomic E-state index is 13.5. The summed E-state index contributed by atoms with van der Waals surface area (Å²) in [6.07, 6.45) is 1.41. The first-order chi connectivity index (χ1) is 14.1. The van der Waals surface area contributed by atoms with Crippen molar-refractivity contribution < 1.29 is 17.9 Å². The monoisotopic (exact) mass is 414 g/mol. The van der Waals surface area contributed by atoms with E-state index in [2.05, 4.69) is 0 Å². The molecule has 2 aliphatic heterocycles. The minimum absolute atomic E-state index is 0.0459. The molecule has 2 heterocycles. The van der Waals surface area contributed by atoms with Crippen LogP contribution >= 0.6 is 0 Å². The first-order valence-electron chi connectivity index (χ1n) is 10.1. The number of morpholine rings is 1. The summed E-state index contributed by atoms with van der Waals surface area (Å²) in [6, 6.07) is 16.6. The lowest BCUT2D eigenvalue weighted by atomic mass is 9.98. The highest BCUT2D eigenvalue weighted by molar-refractivity contribution is 7.89. The van der Waals surface area contributed by atoms with Crippen LogP contribution in [0.1, 0.15) is 12.8 Å². The van der Waals surface area contributed by atoms with Crippen LogP contribution in [0.25, 0.3) is 11.1 Å². The maximum Gasteiger partial charge on any atom is 0.243 e. The van der Waals surface area contributed by atoms with Crippen molar-refractivity contribution >= 4 is 15.9 Å². The highest BCUT2D eigenvalue weighted by Crippen LogP contribution is 2.31. The summed E-state index contributed by atoms with van der Waals surface area (Å²) in [7, 11) is -3.70. The first kappa shape index (κ1) is 20.1. The number of ether oxygens (including phenoxy) is 1. The number of carbonyl (C=O) groups is 1. The van der Waals surface area contributed by atoms with E-state index in [1.807, 2.05) is 47.4 Å². The highest BCUT2D eigenvalue weighted by Gasteiger charge is 2.36. The summed E-state index contributed by atoms with van der Waals surface area (Å²) in [6.45, 7) is 2.94. The van der Waals surface area contributed by atoms with Crippen LogP contribution in [0.2, 0.25) is 0 Å². The standard InChI is InChI=1S/C22H26N2O4S/c25-22(23-13-15-28-16-14-23)19-9-6-12-24(17-19)29(26,27)21-11-5-4-10-20(21)18-7-2-1-3-8-18/h1-5,7-8,10-11,19H,6,9,12-17H2/t19-/m1/s1. The van der Waals surface area contributed by atoms with Crippen molar-refractivity contribution in [1.82, 2.24) is 9.21 Å². The lowest BCUT2D eigenvalue weighted by Gasteiger charge is -2.35. The summed E-state index contributed by atoms with van der Waals surface area (Å²) in [5, 5.41) is 0. The van der Waals surface area contributed by atoms with Crippen LogP contribution in [-0.4, -0.2) is 62.9 Å². The number of rotatable bonds is 4. The molecule has 0 bridgehead atoms. The largest absolute Gasteiger partial charge is 0.378 e. The van der Waals surface area contributed by atoms with E-state index in [0.717, 1.165) is 12.0 Å². The lowest BCUT2D eigenvalue weighted by Crippen LogP contribution is -2.49. The van der Waals surface area contributed by atoms with Gasteiger partial charge in [-0.3, -0.25) is 4.79 Å². The quantitative estimate of drug-likeness (QED) is 0.771. The Morgan fingerprint density at radius 2 is 1.62 bits per heavy atom. The third kappa shape index (κ3) is 4.22. The minimum atomic E-state index is -3.70. The predicted octanol–water partition coefficient (Wildman–Crippen LogP) is 2.61. The van der Waals surface area contributed by atoms with Gasteiger partial charge in [-0.25, -0.2) is 8.42 Å². The van der Waals surface area contributed by atoms with Crippen LogP contribution in [0, 0.1) is 5.92 Å². The van der Waals surface area contributed by atoms with Gasteiger partial charge < -0.3 is 9.64 Å². The number of amides is 1. The molecule has 0 saturated carbocycles. The third-order valence-electron chi connectivity index (χ3n) is 5.65. The molecule has 0 spiro atoms. The molecule has 2 fully saturated rings. The van der Waals surface area contributed by atoms with Gasteiger partial charge in [0.15, 0.2) is 0 Å². The molecule has 1 atom stereocenters. The second kappa shape index (κ2) is 8.65. The maximum atomic E-state index is 13.5. The van der Waals surface area contributed by atoms with Gasteiger partial charge in [0.2, 0.25) is 15.9 Å². The van der Waals surface area contributed by atoms with Crippen molar-refractivity contribution in [2.24, 2.45) is 5.92 Å². The number of nitrogens with zero attached hydrogens (tertiary/aromatic N) is 2. The van der Waals surface area contributed by atoms with Crippen molar-refractivity contribution in [1.29, 1.82) is 0 Å². The second-order valence-electron chi connectivity index (χ2n) is 7.50. The second-order valence-corrected chi connectivity index (χ2v) is 9.41. The van der Waals surface area contributed by atoms with Gasteiger partial charge in [0, 0.05) is 31.7 Å². The Labute approximate surface area is 172 Å². The average Bonchev–Trinajstić information content (AvgIpc) is 2.80. The molecule has 1 amide bonds. The van der Waals surface area contributed by atoms with Crippen molar-refractivity contribution in [3.63, 3.8) is 0 Å². The Morgan fingerprint density at radius 1 is 0.931 bits per heavy atom. The minimum Gasteiger partial charge on any atom is -0.378 e. The van der Waals surface area contributed by atoms with E-state index >= 15 is 0 Å². The molecule has 2 aromatic rings. The Bertz CT molecular complexity index is 956. The van der Waals surface area contributed by atoms with Crippen molar-refractivity contribution in [3.8, 4) is 11.1 Å². The summed E-state index contributed by atoms with van der Waals surface area (Å²) < 4.78 is 33.8. The predicted molar refractivity (Wildman–Crippen MR) is 111 cm³/mol. The van der Waals surface area contributed by atoms with E-state index < -0.39 is 10.0 Å². The molecule has 0 aliphatic carbocycles. The molecular weight excluding hydrogens is 388 g/mol. The Balaban J connectivity index is 1.59.